The minimum absolute atomic E-state index is 0.0981. The van der Waals surface area contributed by atoms with Crippen LogP contribution in [0.15, 0.2) is 30.3 Å². The molecule has 2 fully saturated rings. The lowest BCUT2D eigenvalue weighted by atomic mass is 9.90. The van der Waals surface area contributed by atoms with E-state index in [2.05, 4.69) is 41.3 Å². The van der Waals surface area contributed by atoms with Gasteiger partial charge in [0, 0.05) is 19.6 Å². The maximum Gasteiger partial charge on any atom is 0.272 e. The number of hydrogen-bond acceptors (Lipinski definition) is 3. The van der Waals surface area contributed by atoms with Crippen LogP contribution in [0.25, 0.3) is 0 Å². The Morgan fingerprint density at radius 2 is 1.71 bits per heavy atom. The average molecular weight is 381 g/mol. The van der Waals surface area contributed by atoms with Gasteiger partial charge in [0.2, 0.25) is 0 Å². The van der Waals surface area contributed by atoms with E-state index in [1.54, 1.807) is 4.68 Å². The van der Waals surface area contributed by atoms with Crippen LogP contribution in [0, 0.1) is 12.8 Å². The molecule has 1 aromatic carbocycles. The van der Waals surface area contributed by atoms with Crippen LogP contribution in [0.5, 0.6) is 0 Å². The largest absolute Gasteiger partial charge is 0.330 e. The van der Waals surface area contributed by atoms with Crippen LogP contribution in [0.1, 0.15) is 53.0 Å². The van der Waals surface area contributed by atoms with Crippen LogP contribution in [0.2, 0.25) is 0 Å². The van der Waals surface area contributed by atoms with Gasteiger partial charge < -0.3 is 9.80 Å². The highest BCUT2D eigenvalue weighted by Crippen LogP contribution is 2.30. The lowest BCUT2D eigenvalue weighted by molar-refractivity contribution is 0.0718. The molecule has 5 heteroatoms. The Balaban J connectivity index is 1.40. The van der Waals surface area contributed by atoms with Crippen molar-refractivity contribution < 1.29 is 4.79 Å². The van der Waals surface area contributed by atoms with Gasteiger partial charge in [0.1, 0.15) is 5.69 Å². The summed E-state index contributed by atoms with van der Waals surface area (Å²) in [5.41, 5.74) is 4.21. The van der Waals surface area contributed by atoms with Gasteiger partial charge in [-0.1, -0.05) is 24.3 Å². The summed E-state index contributed by atoms with van der Waals surface area (Å²) in [6.07, 6.45) is 5.99. The summed E-state index contributed by atoms with van der Waals surface area (Å²) in [5.74, 6) is 0.903. The number of carbonyl (C=O) groups excluding carboxylic acids is 1. The molecule has 0 radical (unpaired) electrons. The van der Waals surface area contributed by atoms with E-state index in [0.717, 1.165) is 24.5 Å². The van der Waals surface area contributed by atoms with Gasteiger partial charge in [-0.2, -0.15) is 5.10 Å². The fourth-order valence-electron chi connectivity index (χ4n) is 4.29. The minimum Gasteiger partial charge on any atom is -0.330 e. The van der Waals surface area contributed by atoms with Crippen LogP contribution >= 0.6 is 0 Å². The lowest BCUT2D eigenvalue weighted by Gasteiger charge is -2.29. The number of benzene rings is 1. The monoisotopic (exact) mass is 380 g/mol. The molecule has 2 heterocycles. The summed E-state index contributed by atoms with van der Waals surface area (Å²) in [7, 11) is 4.06. The first kappa shape index (κ1) is 19.2. The third-order valence-corrected chi connectivity index (χ3v) is 6.21. The van der Waals surface area contributed by atoms with Gasteiger partial charge in [-0.3, -0.25) is 9.48 Å². The number of aryl methyl sites for hydroxylation is 2. The van der Waals surface area contributed by atoms with Gasteiger partial charge in [-0.05, 0) is 82.3 Å². The molecular formula is C23H32N4O. The number of carbonyl (C=O) groups is 1. The van der Waals surface area contributed by atoms with E-state index in [4.69, 9.17) is 0 Å². The van der Waals surface area contributed by atoms with Crippen molar-refractivity contribution in [2.24, 2.45) is 13.0 Å². The summed E-state index contributed by atoms with van der Waals surface area (Å²) >= 11 is 0. The third-order valence-electron chi connectivity index (χ3n) is 6.21. The summed E-state index contributed by atoms with van der Waals surface area (Å²) < 4.78 is 1.71. The third kappa shape index (κ3) is 4.46. The molecule has 1 amide bonds. The quantitative estimate of drug-likeness (QED) is 0.771. The Morgan fingerprint density at radius 3 is 2.29 bits per heavy atom. The van der Waals surface area contributed by atoms with E-state index >= 15 is 0 Å². The zero-order chi connectivity index (χ0) is 19.7. The number of aromatic nitrogens is 2. The molecule has 0 N–H and O–H groups in total. The molecule has 1 aromatic heterocycles. The maximum atomic E-state index is 13.1. The van der Waals surface area contributed by atoms with Crippen LogP contribution < -0.4 is 0 Å². The molecule has 28 heavy (non-hydrogen) atoms. The van der Waals surface area contributed by atoms with Crippen molar-refractivity contribution in [2.45, 2.75) is 51.6 Å². The zero-order valence-electron chi connectivity index (χ0n) is 17.4. The Hall–Kier alpha value is -2.14. The van der Waals surface area contributed by atoms with Gasteiger partial charge >= 0.3 is 0 Å². The molecule has 150 valence electrons. The number of nitrogens with zero attached hydrogens (tertiary/aromatic N) is 4. The van der Waals surface area contributed by atoms with Gasteiger partial charge in [-0.15, -0.1) is 0 Å². The molecule has 0 atom stereocenters. The SMILES string of the molecule is Cc1cc(C(=O)N(Cc2ccc(CC3CCN(C)CC3)cc2)C2CC2)n(C)n1. The molecule has 1 aliphatic heterocycles. The first-order chi connectivity index (χ1) is 13.5. The molecule has 0 unspecified atom stereocenters. The first-order valence-corrected chi connectivity index (χ1v) is 10.6. The van der Waals surface area contributed by atoms with Crippen LogP contribution in [-0.2, 0) is 20.0 Å². The van der Waals surface area contributed by atoms with Crippen molar-refractivity contribution in [3.8, 4) is 0 Å². The second-order valence-corrected chi connectivity index (χ2v) is 8.73. The number of piperidine rings is 1. The highest BCUT2D eigenvalue weighted by atomic mass is 16.2. The predicted molar refractivity (Wildman–Crippen MR) is 111 cm³/mol. The van der Waals surface area contributed by atoms with Crippen LogP contribution in [-0.4, -0.2) is 51.7 Å². The predicted octanol–water partition coefficient (Wildman–Crippen LogP) is 3.42. The number of rotatable bonds is 6. The summed E-state index contributed by atoms with van der Waals surface area (Å²) in [5, 5.41) is 4.34. The van der Waals surface area contributed by atoms with E-state index < -0.39 is 0 Å². The van der Waals surface area contributed by atoms with Crippen molar-refractivity contribution in [2.75, 3.05) is 20.1 Å². The Kier molecular flexibility index (Phi) is 5.54. The second kappa shape index (κ2) is 8.08. The maximum absolute atomic E-state index is 13.1. The van der Waals surface area contributed by atoms with Crippen molar-refractivity contribution in [3.63, 3.8) is 0 Å². The van der Waals surface area contributed by atoms with Gasteiger partial charge in [-0.25, -0.2) is 0 Å². The highest BCUT2D eigenvalue weighted by molar-refractivity contribution is 5.93. The van der Waals surface area contributed by atoms with Gasteiger partial charge in [0.05, 0.1) is 5.69 Å². The highest BCUT2D eigenvalue weighted by Gasteiger charge is 2.34. The number of amides is 1. The lowest BCUT2D eigenvalue weighted by Crippen LogP contribution is -2.33. The molecule has 2 aliphatic rings. The summed E-state index contributed by atoms with van der Waals surface area (Å²) in [6, 6.07) is 11.2. The fraction of sp³-hybridized carbons (Fsp3) is 0.565. The molecule has 1 aliphatic carbocycles. The molecular weight excluding hydrogens is 348 g/mol. The molecule has 5 nitrogen and oxygen atoms in total. The van der Waals surface area contributed by atoms with E-state index in [0.29, 0.717) is 18.3 Å². The smallest absolute Gasteiger partial charge is 0.272 e. The number of likely N-dealkylation sites (tertiary alicyclic amines) is 1. The summed E-state index contributed by atoms with van der Waals surface area (Å²) in [4.78, 5) is 17.5. The topological polar surface area (TPSA) is 41.4 Å². The number of hydrogen-bond donors (Lipinski definition) is 0. The normalized spacial score (nSPS) is 18.4. The van der Waals surface area contributed by atoms with Crippen molar-refractivity contribution in [3.05, 3.63) is 52.8 Å². The molecule has 2 aromatic rings. The standard InChI is InChI=1S/C23H32N4O/c1-17-14-22(26(3)24-17)23(28)27(21-8-9-21)16-20-6-4-18(5-7-20)15-19-10-12-25(2)13-11-19/h4-7,14,19,21H,8-13,15-16H2,1-3H3. The minimum atomic E-state index is 0.0981. The van der Waals surface area contributed by atoms with E-state index in [-0.39, 0.29) is 5.91 Å². The van der Waals surface area contributed by atoms with Gasteiger partial charge in [0.15, 0.2) is 0 Å². The molecule has 4 rings (SSSR count). The van der Waals surface area contributed by atoms with Crippen molar-refractivity contribution >= 4 is 5.91 Å². The van der Waals surface area contributed by atoms with E-state index in [1.165, 1.54) is 43.5 Å². The Morgan fingerprint density at radius 1 is 1.07 bits per heavy atom. The van der Waals surface area contributed by atoms with E-state index in [1.807, 2.05) is 24.9 Å². The molecule has 1 saturated heterocycles. The molecule has 0 spiro atoms. The fourth-order valence-corrected chi connectivity index (χ4v) is 4.29. The second-order valence-electron chi connectivity index (χ2n) is 8.73. The van der Waals surface area contributed by atoms with Crippen molar-refractivity contribution in [1.82, 2.24) is 19.6 Å². The molecule has 1 saturated carbocycles. The van der Waals surface area contributed by atoms with Crippen LogP contribution in [0.4, 0.5) is 0 Å². The van der Waals surface area contributed by atoms with Gasteiger partial charge in [0.25, 0.3) is 5.91 Å². The summed E-state index contributed by atoms with van der Waals surface area (Å²) in [6.45, 7) is 5.05. The average Bonchev–Trinajstić information content (AvgIpc) is 3.46. The van der Waals surface area contributed by atoms with Crippen molar-refractivity contribution in [1.29, 1.82) is 0 Å². The van der Waals surface area contributed by atoms with Crippen LogP contribution in [0.3, 0.4) is 0 Å². The van der Waals surface area contributed by atoms with E-state index in [9.17, 15) is 4.79 Å². The first-order valence-electron chi connectivity index (χ1n) is 10.6. The Bertz CT molecular complexity index is 814. The zero-order valence-corrected chi connectivity index (χ0v) is 17.4. The Labute approximate surface area is 168 Å². The molecule has 0 bridgehead atoms.